The van der Waals surface area contributed by atoms with E-state index >= 15 is 0 Å². The smallest absolute Gasteiger partial charge is 0.217 e. The number of nitrogens with one attached hydrogen (secondary N) is 1. The molecule has 0 radical (unpaired) electrons. The number of aliphatic hydroxyl groups is 1. The molecule has 0 spiro atoms. The third-order valence-corrected chi connectivity index (χ3v) is 1.39. The van der Waals surface area contributed by atoms with Crippen LogP contribution in [0.5, 0.6) is 0 Å². The van der Waals surface area contributed by atoms with Gasteiger partial charge >= 0.3 is 0 Å². The van der Waals surface area contributed by atoms with Gasteiger partial charge in [-0.2, -0.15) is 0 Å². The highest BCUT2D eigenvalue weighted by Crippen LogP contribution is 1.99. The van der Waals surface area contributed by atoms with Crippen LogP contribution in [-0.2, 0) is 4.79 Å². The minimum absolute atomic E-state index is 0.0112. The molecule has 0 rings (SSSR count). The second-order valence-corrected chi connectivity index (χ2v) is 2.73. The fraction of sp³-hybridized carbons (Fsp3) is 0.857. The van der Waals surface area contributed by atoms with Gasteiger partial charge in [-0.05, 0) is 5.92 Å². The summed E-state index contributed by atoms with van der Waals surface area (Å²) in [4.78, 5) is 10.5. The quantitative estimate of drug-likeness (QED) is 0.593. The number of aliphatic hydroxyl groups excluding tert-OH is 1. The Morgan fingerprint density at radius 3 is 2.20 bits per heavy atom. The maximum atomic E-state index is 10.5. The molecule has 3 heteroatoms. The first kappa shape index (κ1) is 9.43. The van der Waals surface area contributed by atoms with Gasteiger partial charge in [0.1, 0.15) is 0 Å². The summed E-state index contributed by atoms with van der Waals surface area (Å²) in [5.74, 6) is 0.196. The van der Waals surface area contributed by atoms with Gasteiger partial charge in [0.15, 0.2) is 0 Å². The topological polar surface area (TPSA) is 49.3 Å². The van der Waals surface area contributed by atoms with Crippen molar-refractivity contribution in [2.24, 2.45) is 5.92 Å². The molecule has 3 nitrogen and oxygen atoms in total. The van der Waals surface area contributed by atoms with E-state index in [1.165, 1.54) is 6.92 Å². The second-order valence-electron chi connectivity index (χ2n) is 2.73. The number of carbonyl (C=O) groups excluding carboxylic acids is 1. The minimum atomic E-state index is -0.0995. The summed E-state index contributed by atoms with van der Waals surface area (Å²) in [6.07, 6.45) is 0. The van der Waals surface area contributed by atoms with E-state index in [0.717, 1.165) is 0 Å². The standard InChI is InChI=1S/C7H15NO2/c1-5(2)7(4-9)8-6(3)10/h5,7,9H,4H2,1-3H3,(H,8,10)/t7-/m1/s1. The van der Waals surface area contributed by atoms with Gasteiger partial charge in [0.25, 0.3) is 0 Å². The molecule has 10 heavy (non-hydrogen) atoms. The van der Waals surface area contributed by atoms with Crippen molar-refractivity contribution in [3.05, 3.63) is 0 Å². The molecule has 0 saturated heterocycles. The Kier molecular flexibility index (Phi) is 4.03. The predicted octanol–water partition coefficient (Wildman–Crippen LogP) is 0.139. The molecule has 0 aliphatic heterocycles. The highest BCUT2D eigenvalue weighted by atomic mass is 16.3. The van der Waals surface area contributed by atoms with Gasteiger partial charge in [-0.25, -0.2) is 0 Å². The molecule has 0 bridgehead atoms. The van der Waals surface area contributed by atoms with Crippen molar-refractivity contribution in [2.45, 2.75) is 26.8 Å². The Labute approximate surface area is 61.4 Å². The maximum absolute atomic E-state index is 10.5. The molecule has 1 atom stereocenters. The first-order valence-electron chi connectivity index (χ1n) is 3.46. The van der Waals surface area contributed by atoms with Crippen molar-refractivity contribution in [3.8, 4) is 0 Å². The van der Waals surface area contributed by atoms with E-state index < -0.39 is 0 Å². The van der Waals surface area contributed by atoms with Gasteiger partial charge in [-0.3, -0.25) is 4.79 Å². The highest BCUT2D eigenvalue weighted by molar-refractivity contribution is 5.73. The summed E-state index contributed by atoms with van der Waals surface area (Å²) in [7, 11) is 0. The average Bonchev–Trinajstić information content (AvgIpc) is 1.81. The fourth-order valence-corrected chi connectivity index (χ4v) is 0.684. The van der Waals surface area contributed by atoms with Crippen molar-refractivity contribution in [1.82, 2.24) is 5.32 Å². The molecule has 0 aromatic rings. The van der Waals surface area contributed by atoms with Gasteiger partial charge in [0.05, 0.1) is 12.6 Å². The number of amides is 1. The van der Waals surface area contributed by atoms with Gasteiger partial charge in [0.2, 0.25) is 5.91 Å². The lowest BCUT2D eigenvalue weighted by atomic mass is 10.1. The molecule has 0 fully saturated rings. The van der Waals surface area contributed by atoms with Crippen LogP contribution in [-0.4, -0.2) is 23.7 Å². The van der Waals surface area contributed by atoms with Crippen molar-refractivity contribution < 1.29 is 9.90 Å². The monoisotopic (exact) mass is 145 g/mol. The third kappa shape index (κ3) is 3.45. The van der Waals surface area contributed by atoms with E-state index in [-0.39, 0.29) is 24.5 Å². The molecular formula is C7H15NO2. The SMILES string of the molecule is CC(=O)N[C@H](CO)C(C)C. The van der Waals surface area contributed by atoms with Crippen LogP contribution in [0.2, 0.25) is 0 Å². The summed E-state index contributed by atoms with van der Waals surface area (Å²) >= 11 is 0. The number of hydrogen-bond donors (Lipinski definition) is 2. The summed E-state index contributed by atoms with van der Waals surface area (Å²) in [5, 5.41) is 11.4. The molecule has 0 unspecified atom stereocenters. The Hall–Kier alpha value is -0.570. The average molecular weight is 145 g/mol. The Morgan fingerprint density at radius 1 is 1.60 bits per heavy atom. The van der Waals surface area contributed by atoms with E-state index in [9.17, 15) is 4.79 Å². The minimum Gasteiger partial charge on any atom is -0.394 e. The summed E-state index contributed by atoms with van der Waals surface area (Å²) in [5.41, 5.74) is 0. The lowest BCUT2D eigenvalue weighted by Crippen LogP contribution is -2.39. The van der Waals surface area contributed by atoms with Crippen LogP contribution in [0.25, 0.3) is 0 Å². The van der Waals surface area contributed by atoms with Crippen LogP contribution in [0, 0.1) is 5.92 Å². The van der Waals surface area contributed by atoms with Crippen LogP contribution in [0.3, 0.4) is 0 Å². The van der Waals surface area contributed by atoms with Crippen molar-refractivity contribution in [3.63, 3.8) is 0 Å². The van der Waals surface area contributed by atoms with Gasteiger partial charge in [-0.15, -0.1) is 0 Å². The second kappa shape index (κ2) is 4.28. The molecule has 0 saturated carbocycles. The van der Waals surface area contributed by atoms with Crippen LogP contribution in [0.4, 0.5) is 0 Å². The number of rotatable bonds is 3. The van der Waals surface area contributed by atoms with Gasteiger partial charge < -0.3 is 10.4 Å². The molecule has 0 aromatic heterocycles. The molecule has 0 heterocycles. The molecular weight excluding hydrogens is 130 g/mol. The summed E-state index contributed by atoms with van der Waals surface area (Å²) in [6.45, 7) is 5.37. The van der Waals surface area contributed by atoms with E-state index in [1.807, 2.05) is 13.8 Å². The summed E-state index contributed by atoms with van der Waals surface area (Å²) < 4.78 is 0. The van der Waals surface area contributed by atoms with Crippen molar-refractivity contribution in [2.75, 3.05) is 6.61 Å². The van der Waals surface area contributed by atoms with E-state index in [4.69, 9.17) is 5.11 Å². The Bertz CT molecular complexity index is 112. The van der Waals surface area contributed by atoms with Crippen molar-refractivity contribution in [1.29, 1.82) is 0 Å². The van der Waals surface area contributed by atoms with E-state index in [1.54, 1.807) is 0 Å². The Morgan fingerprint density at radius 2 is 2.10 bits per heavy atom. The lowest BCUT2D eigenvalue weighted by molar-refractivity contribution is -0.120. The molecule has 2 N–H and O–H groups in total. The predicted molar refractivity (Wildman–Crippen MR) is 39.5 cm³/mol. The van der Waals surface area contributed by atoms with Gasteiger partial charge in [-0.1, -0.05) is 13.8 Å². The number of hydrogen-bond acceptors (Lipinski definition) is 2. The zero-order valence-electron chi connectivity index (χ0n) is 6.72. The van der Waals surface area contributed by atoms with E-state index in [0.29, 0.717) is 0 Å². The molecule has 0 aromatic carbocycles. The zero-order valence-corrected chi connectivity index (χ0v) is 6.72. The van der Waals surface area contributed by atoms with Gasteiger partial charge in [0, 0.05) is 6.92 Å². The lowest BCUT2D eigenvalue weighted by Gasteiger charge is -2.18. The molecule has 0 aliphatic carbocycles. The first-order valence-corrected chi connectivity index (χ1v) is 3.46. The normalized spacial score (nSPS) is 13.3. The third-order valence-electron chi connectivity index (χ3n) is 1.39. The molecule has 1 amide bonds. The maximum Gasteiger partial charge on any atom is 0.217 e. The molecule has 60 valence electrons. The molecule has 0 aliphatic rings. The zero-order chi connectivity index (χ0) is 8.15. The number of carbonyl (C=O) groups is 1. The van der Waals surface area contributed by atoms with Crippen LogP contribution in [0.15, 0.2) is 0 Å². The van der Waals surface area contributed by atoms with Crippen LogP contribution < -0.4 is 5.32 Å². The van der Waals surface area contributed by atoms with Crippen molar-refractivity contribution >= 4 is 5.91 Å². The highest BCUT2D eigenvalue weighted by Gasteiger charge is 2.11. The van der Waals surface area contributed by atoms with Crippen LogP contribution in [0.1, 0.15) is 20.8 Å². The first-order chi connectivity index (χ1) is 4.57. The fourth-order valence-electron chi connectivity index (χ4n) is 0.684. The Balaban J connectivity index is 3.71. The summed E-state index contributed by atoms with van der Waals surface area (Å²) in [6, 6.07) is -0.0995. The largest absolute Gasteiger partial charge is 0.394 e. The van der Waals surface area contributed by atoms with Crippen LogP contribution >= 0.6 is 0 Å². The van der Waals surface area contributed by atoms with E-state index in [2.05, 4.69) is 5.32 Å².